The van der Waals surface area contributed by atoms with Gasteiger partial charge in [-0.25, -0.2) is 8.42 Å². The zero-order chi connectivity index (χ0) is 30.3. The van der Waals surface area contributed by atoms with Crippen LogP contribution in [-0.4, -0.2) is 59.4 Å². The second kappa shape index (κ2) is 13.2. The van der Waals surface area contributed by atoms with Crippen LogP contribution in [0.25, 0.3) is 11.1 Å². The average molecular weight is 587 g/mol. The Hall–Kier alpha value is -4.83. The number of ether oxygens (including phenoxy) is 1. The highest BCUT2D eigenvalue weighted by molar-refractivity contribution is 7.92. The third kappa shape index (κ3) is 7.46. The van der Waals surface area contributed by atoms with Crippen molar-refractivity contribution in [2.24, 2.45) is 0 Å². The van der Waals surface area contributed by atoms with Crippen LogP contribution in [0.4, 0.5) is 11.4 Å². The van der Waals surface area contributed by atoms with Crippen molar-refractivity contribution in [1.29, 1.82) is 0 Å². The van der Waals surface area contributed by atoms with Gasteiger partial charge in [0.05, 0.1) is 12.8 Å². The molecule has 0 bridgehead atoms. The van der Waals surface area contributed by atoms with Gasteiger partial charge >= 0.3 is 0 Å². The van der Waals surface area contributed by atoms with Crippen LogP contribution in [0.3, 0.4) is 0 Å². The third-order valence-corrected chi connectivity index (χ3v) is 7.87. The van der Waals surface area contributed by atoms with Crippen LogP contribution in [0.15, 0.2) is 95.9 Å². The highest BCUT2D eigenvalue weighted by atomic mass is 32.2. The van der Waals surface area contributed by atoms with Crippen LogP contribution in [0.5, 0.6) is 5.75 Å². The van der Waals surface area contributed by atoms with Gasteiger partial charge in [-0.2, -0.15) is 0 Å². The number of hydrogen-bond donors (Lipinski definition) is 3. The monoisotopic (exact) mass is 586 g/mol. The fourth-order valence-electron chi connectivity index (χ4n) is 4.25. The van der Waals surface area contributed by atoms with Gasteiger partial charge in [-0.1, -0.05) is 42.0 Å². The van der Waals surface area contributed by atoms with Gasteiger partial charge < -0.3 is 20.3 Å². The van der Waals surface area contributed by atoms with E-state index in [1.54, 1.807) is 74.8 Å². The highest BCUT2D eigenvalue weighted by Crippen LogP contribution is 2.32. The molecule has 4 aromatic rings. The largest absolute Gasteiger partial charge is 0.495 e. The lowest BCUT2D eigenvalue weighted by Crippen LogP contribution is -2.28. The maximum absolute atomic E-state index is 13.5. The molecule has 3 N–H and O–H groups in total. The van der Waals surface area contributed by atoms with Gasteiger partial charge in [-0.05, 0) is 72.6 Å². The van der Waals surface area contributed by atoms with Gasteiger partial charge in [0.2, 0.25) is 0 Å². The van der Waals surface area contributed by atoms with Gasteiger partial charge in [0.15, 0.2) is 0 Å². The molecular formula is C32H34N4O5S. The lowest BCUT2D eigenvalue weighted by atomic mass is 10.0. The van der Waals surface area contributed by atoms with E-state index in [2.05, 4.69) is 15.4 Å². The van der Waals surface area contributed by atoms with Gasteiger partial charge in [-0.3, -0.25) is 14.3 Å². The van der Waals surface area contributed by atoms with Crippen molar-refractivity contribution in [3.05, 3.63) is 108 Å². The second-order valence-electron chi connectivity index (χ2n) is 9.88. The molecule has 0 aliphatic carbocycles. The van der Waals surface area contributed by atoms with Gasteiger partial charge in [0.1, 0.15) is 10.6 Å². The van der Waals surface area contributed by atoms with Crippen LogP contribution in [0, 0.1) is 6.92 Å². The smallest absolute Gasteiger partial charge is 0.265 e. The van der Waals surface area contributed by atoms with E-state index in [-0.39, 0.29) is 22.5 Å². The van der Waals surface area contributed by atoms with E-state index >= 15 is 0 Å². The topological polar surface area (TPSA) is 117 Å². The molecule has 4 aromatic carbocycles. The number of aryl methyl sites for hydroxylation is 1. The molecule has 0 spiro atoms. The number of amides is 2. The first kappa shape index (κ1) is 30.1. The van der Waals surface area contributed by atoms with Crippen molar-refractivity contribution in [3.8, 4) is 16.9 Å². The molecule has 0 heterocycles. The van der Waals surface area contributed by atoms with E-state index in [1.165, 1.54) is 18.1 Å². The molecule has 9 nitrogen and oxygen atoms in total. The fourth-order valence-corrected chi connectivity index (χ4v) is 5.49. The number of anilines is 2. The van der Waals surface area contributed by atoms with Crippen LogP contribution >= 0.6 is 0 Å². The van der Waals surface area contributed by atoms with Crippen LogP contribution < -0.4 is 20.1 Å². The predicted molar refractivity (Wildman–Crippen MR) is 166 cm³/mol. The number of nitrogens with one attached hydrogen (secondary N) is 3. The first-order chi connectivity index (χ1) is 20.1. The van der Waals surface area contributed by atoms with Crippen molar-refractivity contribution < 1.29 is 22.7 Å². The zero-order valence-electron chi connectivity index (χ0n) is 24.0. The summed E-state index contributed by atoms with van der Waals surface area (Å²) in [7, 11) is 0.710. The predicted octanol–water partition coefficient (Wildman–Crippen LogP) is 5.02. The van der Waals surface area contributed by atoms with E-state index in [0.29, 0.717) is 46.7 Å². The number of carbonyl (C=O) groups excluding carboxylic acids is 2. The van der Waals surface area contributed by atoms with Gasteiger partial charge in [0.25, 0.3) is 21.8 Å². The molecule has 0 fully saturated rings. The Morgan fingerprint density at radius 2 is 1.48 bits per heavy atom. The van der Waals surface area contributed by atoms with Crippen LogP contribution in [0.1, 0.15) is 26.3 Å². The molecule has 4 rings (SSSR count). The Morgan fingerprint density at radius 1 is 0.786 bits per heavy atom. The van der Waals surface area contributed by atoms with Crippen LogP contribution in [-0.2, 0) is 10.0 Å². The molecule has 0 aromatic heterocycles. The normalized spacial score (nSPS) is 11.0. The lowest BCUT2D eigenvalue weighted by Gasteiger charge is -2.15. The maximum atomic E-state index is 13.5. The van der Waals surface area contributed by atoms with Crippen molar-refractivity contribution in [3.63, 3.8) is 0 Å². The molecule has 218 valence electrons. The zero-order valence-corrected chi connectivity index (χ0v) is 24.8. The molecule has 0 saturated heterocycles. The second-order valence-corrected chi connectivity index (χ2v) is 11.5. The Labute approximate surface area is 246 Å². The number of sulfonamides is 1. The average Bonchev–Trinajstić information content (AvgIpc) is 2.98. The molecular weight excluding hydrogens is 552 g/mol. The lowest BCUT2D eigenvalue weighted by molar-refractivity contribution is 0.0827. The summed E-state index contributed by atoms with van der Waals surface area (Å²) >= 11 is 0. The molecule has 42 heavy (non-hydrogen) atoms. The van der Waals surface area contributed by atoms with Gasteiger partial charge in [0, 0.05) is 44.0 Å². The number of rotatable bonds is 11. The quantitative estimate of drug-likeness (QED) is 0.213. The number of hydrogen-bond acceptors (Lipinski definition) is 6. The van der Waals surface area contributed by atoms with E-state index in [0.717, 1.165) is 5.56 Å². The number of carbonyl (C=O) groups is 2. The summed E-state index contributed by atoms with van der Waals surface area (Å²) in [4.78, 5) is 26.2. The first-order valence-corrected chi connectivity index (χ1v) is 14.8. The van der Waals surface area contributed by atoms with E-state index in [4.69, 9.17) is 4.74 Å². The summed E-state index contributed by atoms with van der Waals surface area (Å²) < 4.78 is 35.0. The van der Waals surface area contributed by atoms with Crippen molar-refractivity contribution in [2.45, 2.75) is 11.8 Å². The summed E-state index contributed by atoms with van der Waals surface area (Å²) in [6.45, 7) is 2.79. The standard InChI is InChI=1S/C32H34N4O5S/c1-22-11-13-23(14-12-22)31(37)34-18-17-33-27-9-6-10-28(21-27)35-42(39,40)30-20-25(15-16-29(30)41-4)24-7-5-8-26(19-24)32(38)36(2)3/h5-16,19-21,33,35H,17-18H2,1-4H3,(H,34,37). The molecule has 0 unspecified atom stereocenters. The summed E-state index contributed by atoms with van der Waals surface area (Å²) in [5.41, 5.74) is 4.52. The Bertz CT molecular complexity index is 1690. The Morgan fingerprint density at radius 3 is 2.19 bits per heavy atom. The summed E-state index contributed by atoms with van der Waals surface area (Å²) in [5, 5.41) is 6.06. The van der Waals surface area contributed by atoms with Crippen molar-refractivity contribution in [2.75, 3.05) is 44.3 Å². The molecule has 0 aliphatic heterocycles. The summed E-state index contributed by atoms with van der Waals surface area (Å²) in [6.07, 6.45) is 0. The van der Waals surface area contributed by atoms with E-state index < -0.39 is 10.0 Å². The maximum Gasteiger partial charge on any atom is 0.265 e. The van der Waals surface area contributed by atoms with Crippen LogP contribution in [0.2, 0.25) is 0 Å². The fraction of sp³-hybridized carbons (Fsp3) is 0.188. The SMILES string of the molecule is COc1ccc(-c2cccc(C(=O)N(C)C)c2)cc1S(=O)(=O)Nc1cccc(NCCNC(=O)c2ccc(C)cc2)c1. The molecule has 0 aliphatic rings. The third-order valence-electron chi connectivity index (χ3n) is 6.47. The summed E-state index contributed by atoms with van der Waals surface area (Å²) in [5.74, 6) is -0.127. The van der Waals surface area contributed by atoms with E-state index in [1.807, 2.05) is 31.2 Å². The highest BCUT2D eigenvalue weighted by Gasteiger charge is 2.21. The number of benzene rings is 4. The number of methoxy groups -OCH3 is 1. The Balaban J connectivity index is 1.46. The number of nitrogens with zero attached hydrogens (tertiary/aromatic N) is 1. The summed E-state index contributed by atoms with van der Waals surface area (Å²) in [6, 6.07) is 26.1. The minimum atomic E-state index is -4.05. The Kier molecular flexibility index (Phi) is 9.49. The van der Waals surface area contributed by atoms with Crippen molar-refractivity contribution >= 4 is 33.2 Å². The molecule has 0 saturated carbocycles. The minimum Gasteiger partial charge on any atom is -0.495 e. The molecule has 2 amide bonds. The molecule has 10 heteroatoms. The minimum absolute atomic E-state index is 0.0379. The van der Waals surface area contributed by atoms with Gasteiger partial charge in [-0.15, -0.1) is 0 Å². The van der Waals surface area contributed by atoms with E-state index in [9.17, 15) is 18.0 Å². The molecule has 0 radical (unpaired) electrons. The van der Waals surface area contributed by atoms with Crippen molar-refractivity contribution in [1.82, 2.24) is 10.2 Å². The molecule has 0 atom stereocenters. The first-order valence-electron chi connectivity index (χ1n) is 13.3.